The molecule has 0 atom stereocenters. The number of nitrogens with zero attached hydrogens (tertiary/aromatic N) is 3. The first-order valence-electron chi connectivity index (χ1n) is 6.89. The van der Waals surface area contributed by atoms with Crippen LogP contribution in [0.1, 0.15) is 26.7 Å². The van der Waals surface area contributed by atoms with Gasteiger partial charge in [0, 0.05) is 18.0 Å². The average Bonchev–Trinajstić information content (AvgIpc) is 2.47. The molecule has 1 heterocycles. The quantitative estimate of drug-likeness (QED) is 0.866. The fourth-order valence-electron chi connectivity index (χ4n) is 2.56. The van der Waals surface area contributed by atoms with Gasteiger partial charge in [-0.05, 0) is 18.9 Å². The van der Waals surface area contributed by atoms with Crippen LogP contribution in [-0.4, -0.2) is 34.5 Å². The number of hydrogen-bond donors (Lipinski definition) is 1. The van der Waals surface area contributed by atoms with Gasteiger partial charge in [0.2, 0.25) is 0 Å². The average molecular weight is 259 g/mol. The molecule has 0 spiro atoms. The lowest BCUT2D eigenvalue weighted by molar-refractivity contribution is 0.296. The molecule has 0 radical (unpaired) electrons. The molecule has 0 bridgehead atoms. The maximum Gasteiger partial charge on any atom is 0.0950 e. The molecular formula is C15H21N3O. The van der Waals surface area contributed by atoms with Crippen molar-refractivity contribution in [1.82, 2.24) is 10.2 Å². The predicted molar refractivity (Wildman–Crippen MR) is 78.3 cm³/mol. The van der Waals surface area contributed by atoms with E-state index in [0.717, 1.165) is 29.4 Å². The van der Waals surface area contributed by atoms with Gasteiger partial charge in [-0.3, -0.25) is 0 Å². The molecule has 4 heteroatoms. The lowest BCUT2D eigenvalue weighted by Gasteiger charge is -2.32. The van der Waals surface area contributed by atoms with Crippen molar-refractivity contribution < 1.29 is 5.11 Å². The Morgan fingerprint density at radius 1 is 1.21 bits per heavy atom. The van der Waals surface area contributed by atoms with E-state index in [1.807, 2.05) is 18.2 Å². The highest BCUT2D eigenvalue weighted by Crippen LogP contribution is 2.27. The van der Waals surface area contributed by atoms with Crippen LogP contribution in [0.2, 0.25) is 0 Å². The first-order chi connectivity index (χ1) is 9.31. The van der Waals surface area contributed by atoms with E-state index in [1.54, 1.807) is 6.20 Å². The Morgan fingerprint density at radius 2 is 1.95 bits per heavy atom. The summed E-state index contributed by atoms with van der Waals surface area (Å²) in [5.74, 6) is 0. The first-order valence-corrected chi connectivity index (χ1v) is 6.89. The number of aromatic nitrogens is 2. The molecule has 102 valence electrons. The molecule has 0 aliphatic rings. The van der Waals surface area contributed by atoms with Crippen molar-refractivity contribution in [3.63, 3.8) is 0 Å². The van der Waals surface area contributed by atoms with Crippen LogP contribution in [-0.2, 0) is 0 Å². The molecule has 2 rings (SSSR count). The van der Waals surface area contributed by atoms with Crippen LogP contribution in [0.15, 0.2) is 30.5 Å². The van der Waals surface area contributed by atoms with Gasteiger partial charge >= 0.3 is 0 Å². The first kappa shape index (κ1) is 13.7. The lowest BCUT2D eigenvalue weighted by atomic mass is 10.1. The molecule has 0 saturated carbocycles. The summed E-state index contributed by atoms with van der Waals surface area (Å²) in [7, 11) is 0. The van der Waals surface area contributed by atoms with E-state index in [4.69, 9.17) is 0 Å². The monoisotopic (exact) mass is 259 g/mol. The highest BCUT2D eigenvalue weighted by molar-refractivity contribution is 5.90. The zero-order valence-electron chi connectivity index (χ0n) is 11.6. The third kappa shape index (κ3) is 2.84. The van der Waals surface area contributed by atoms with Crippen LogP contribution < -0.4 is 4.90 Å². The Kier molecular flexibility index (Phi) is 4.68. The van der Waals surface area contributed by atoms with Crippen molar-refractivity contribution in [2.45, 2.75) is 32.7 Å². The number of benzene rings is 1. The van der Waals surface area contributed by atoms with Gasteiger partial charge in [0.25, 0.3) is 0 Å². The minimum atomic E-state index is 0.146. The molecule has 1 aromatic carbocycles. The number of aliphatic hydroxyl groups excluding tert-OH is 1. The molecule has 1 N–H and O–H groups in total. The van der Waals surface area contributed by atoms with E-state index < -0.39 is 0 Å². The summed E-state index contributed by atoms with van der Waals surface area (Å²) >= 11 is 0. The summed E-state index contributed by atoms with van der Waals surface area (Å²) in [5.41, 5.74) is 1.96. The Balaban J connectivity index is 2.49. The molecule has 0 aliphatic heterocycles. The largest absolute Gasteiger partial charge is 0.395 e. The highest BCUT2D eigenvalue weighted by atomic mass is 16.3. The van der Waals surface area contributed by atoms with Crippen LogP contribution in [0.25, 0.3) is 10.9 Å². The third-order valence-corrected chi connectivity index (χ3v) is 3.56. The Hall–Kier alpha value is -1.68. The van der Waals surface area contributed by atoms with Crippen LogP contribution in [0, 0.1) is 0 Å². The number of anilines is 1. The maximum atomic E-state index is 9.33. The van der Waals surface area contributed by atoms with Gasteiger partial charge in [-0.15, -0.1) is 0 Å². The predicted octanol–water partition coefficient (Wildman–Crippen LogP) is 2.62. The summed E-state index contributed by atoms with van der Waals surface area (Å²) in [6, 6.07) is 8.42. The minimum absolute atomic E-state index is 0.146. The molecule has 0 unspecified atom stereocenters. The molecule has 4 nitrogen and oxygen atoms in total. The number of fused-ring (bicyclic) bond motifs is 1. The van der Waals surface area contributed by atoms with Crippen molar-refractivity contribution in [2.75, 3.05) is 18.1 Å². The molecule has 2 aromatic rings. The smallest absolute Gasteiger partial charge is 0.0950 e. The Labute approximate surface area is 114 Å². The van der Waals surface area contributed by atoms with Gasteiger partial charge in [-0.2, -0.15) is 10.2 Å². The van der Waals surface area contributed by atoms with E-state index in [2.05, 4.69) is 35.0 Å². The van der Waals surface area contributed by atoms with Gasteiger partial charge in [0.05, 0.1) is 24.0 Å². The number of rotatable bonds is 6. The molecule has 0 aliphatic carbocycles. The second-order valence-corrected chi connectivity index (χ2v) is 4.63. The zero-order valence-corrected chi connectivity index (χ0v) is 11.6. The van der Waals surface area contributed by atoms with Crippen LogP contribution in [0.3, 0.4) is 0 Å². The second kappa shape index (κ2) is 6.48. The third-order valence-electron chi connectivity index (χ3n) is 3.56. The topological polar surface area (TPSA) is 49.2 Å². The van der Waals surface area contributed by atoms with Crippen molar-refractivity contribution in [3.05, 3.63) is 30.5 Å². The molecule has 0 amide bonds. The van der Waals surface area contributed by atoms with E-state index >= 15 is 0 Å². The van der Waals surface area contributed by atoms with E-state index in [0.29, 0.717) is 12.6 Å². The summed E-state index contributed by atoms with van der Waals surface area (Å²) in [5, 5.41) is 18.7. The molecular weight excluding hydrogens is 238 g/mol. The van der Waals surface area contributed by atoms with Crippen molar-refractivity contribution in [3.8, 4) is 0 Å². The van der Waals surface area contributed by atoms with Gasteiger partial charge < -0.3 is 10.0 Å². The van der Waals surface area contributed by atoms with Crippen molar-refractivity contribution in [2.24, 2.45) is 0 Å². The SMILES string of the molecule is CCC(CC)N(CCO)c1cnnc2ccccc12. The summed E-state index contributed by atoms with van der Waals surface area (Å²) in [4.78, 5) is 2.25. The van der Waals surface area contributed by atoms with Crippen LogP contribution in [0.5, 0.6) is 0 Å². The van der Waals surface area contributed by atoms with Gasteiger partial charge in [-0.1, -0.05) is 32.0 Å². The summed E-state index contributed by atoms with van der Waals surface area (Å²) < 4.78 is 0. The fraction of sp³-hybridized carbons (Fsp3) is 0.467. The van der Waals surface area contributed by atoms with E-state index in [-0.39, 0.29) is 6.61 Å². The molecule has 0 saturated heterocycles. The van der Waals surface area contributed by atoms with Crippen molar-refractivity contribution >= 4 is 16.6 Å². The van der Waals surface area contributed by atoms with Gasteiger partial charge in [-0.25, -0.2) is 0 Å². The van der Waals surface area contributed by atoms with Gasteiger partial charge in [0.1, 0.15) is 0 Å². The minimum Gasteiger partial charge on any atom is -0.395 e. The van der Waals surface area contributed by atoms with Crippen LogP contribution in [0.4, 0.5) is 5.69 Å². The second-order valence-electron chi connectivity index (χ2n) is 4.63. The Morgan fingerprint density at radius 3 is 2.63 bits per heavy atom. The molecule has 19 heavy (non-hydrogen) atoms. The zero-order chi connectivity index (χ0) is 13.7. The fourth-order valence-corrected chi connectivity index (χ4v) is 2.56. The normalized spacial score (nSPS) is 11.2. The molecule has 0 fully saturated rings. The number of aliphatic hydroxyl groups is 1. The lowest BCUT2D eigenvalue weighted by Crippen LogP contribution is -2.37. The van der Waals surface area contributed by atoms with Gasteiger partial charge in [0.15, 0.2) is 0 Å². The standard InChI is InChI=1S/C15H21N3O/c1-3-12(4-2)18(9-10-19)15-11-16-17-14-8-6-5-7-13(14)15/h5-8,11-12,19H,3-4,9-10H2,1-2H3. The summed E-state index contributed by atoms with van der Waals surface area (Å²) in [6.07, 6.45) is 3.90. The Bertz CT molecular complexity index is 520. The molecule has 1 aromatic heterocycles. The maximum absolute atomic E-state index is 9.33. The van der Waals surface area contributed by atoms with E-state index in [9.17, 15) is 5.11 Å². The van der Waals surface area contributed by atoms with E-state index in [1.165, 1.54) is 0 Å². The number of hydrogen-bond acceptors (Lipinski definition) is 4. The highest BCUT2D eigenvalue weighted by Gasteiger charge is 2.17. The van der Waals surface area contributed by atoms with Crippen molar-refractivity contribution in [1.29, 1.82) is 0 Å². The van der Waals surface area contributed by atoms with Crippen LogP contribution >= 0.6 is 0 Å². The summed E-state index contributed by atoms with van der Waals surface area (Å²) in [6.45, 7) is 5.12.